The first-order chi connectivity index (χ1) is 13.2. The first-order valence-corrected chi connectivity index (χ1v) is 11.2. The number of rotatable bonds is 6. The van der Waals surface area contributed by atoms with E-state index < -0.39 is 18.8 Å². The lowest BCUT2D eigenvalue weighted by molar-refractivity contribution is -0.118. The van der Waals surface area contributed by atoms with Gasteiger partial charge in [-0.05, 0) is 36.8 Å². The molecule has 0 aliphatic carbocycles. The number of hydrogen-bond acceptors (Lipinski definition) is 4. The van der Waals surface area contributed by atoms with Gasteiger partial charge in [-0.2, -0.15) is 0 Å². The molecule has 28 heavy (non-hydrogen) atoms. The molecule has 156 valence electrons. The van der Waals surface area contributed by atoms with Crippen LogP contribution in [0.3, 0.4) is 0 Å². The minimum atomic E-state index is -4.35. The highest BCUT2D eigenvalue weighted by molar-refractivity contribution is 7.53. The van der Waals surface area contributed by atoms with E-state index in [2.05, 4.69) is 5.32 Å². The lowest BCUT2D eigenvalue weighted by atomic mass is 9.91. The van der Waals surface area contributed by atoms with Crippen molar-refractivity contribution in [1.82, 2.24) is 10.2 Å². The van der Waals surface area contributed by atoms with Gasteiger partial charge in [0.05, 0.1) is 5.16 Å². The van der Waals surface area contributed by atoms with E-state index in [4.69, 9.17) is 4.74 Å². The summed E-state index contributed by atoms with van der Waals surface area (Å²) in [5, 5.41) is 0.972. The smallest absolute Gasteiger partial charge is 0.335 e. The van der Waals surface area contributed by atoms with E-state index in [1.165, 1.54) is 17.7 Å². The molecule has 9 heteroatoms. The van der Waals surface area contributed by atoms with Crippen LogP contribution in [0.2, 0.25) is 0 Å². The first kappa shape index (κ1) is 22.6. The molecule has 0 atom stereocenters. The number of ether oxygens (including phenoxy) is 1. The number of nitrogens with one attached hydrogen (secondary N) is 1. The second-order valence-corrected chi connectivity index (χ2v) is 8.96. The fourth-order valence-corrected chi connectivity index (χ4v) is 4.84. The van der Waals surface area contributed by atoms with Crippen LogP contribution >= 0.6 is 7.60 Å². The van der Waals surface area contributed by atoms with Gasteiger partial charge in [-0.3, -0.25) is 14.7 Å². The lowest BCUT2D eigenvalue weighted by Gasteiger charge is -2.33. The van der Waals surface area contributed by atoms with Crippen molar-refractivity contribution in [1.29, 1.82) is 0 Å². The molecule has 1 aromatic rings. The molecule has 0 spiro atoms. The SMILES string of the molecule is C1CCOC1.CCC(CC)(c1cccc(CN2CC(=O)NC2=O)c1)P(=O)(O)O. The number of imide groups is 1. The van der Waals surface area contributed by atoms with Crippen LogP contribution in [-0.4, -0.2) is 46.4 Å². The molecule has 3 rings (SSSR count). The number of carbonyl (C=O) groups is 2. The topological polar surface area (TPSA) is 116 Å². The van der Waals surface area contributed by atoms with Crippen molar-refractivity contribution in [3.63, 3.8) is 0 Å². The van der Waals surface area contributed by atoms with E-state index in [9.17, 15) is 23.9 Å². The highest BCUT2D eigenvalue weighted by Gasteiger charge is 2.45. The fraction of sp³-hybridized carbons (Fsp3) is 0.579. The summed E-state index contributed by atoms with van der Waals surface area (Å²) in [7, 11) is -4.35. The van der Waals surface area contributed by atoms with Gasteiger partial charge in [-0.15, -0.1) is 0 Å². The summed E-state index contributed by atoms with van der Waals surface area (Å²) in [6.07, 6.45) is 3.17. The van der Waals surface area contributed by atoms with Crippen LogP contribution in [-0.2, 0) is 25.8 Å². The molecule has 3 N–H and O–H groups in total. The normalized spacial score (nSPS) is 17.4. The fourth-order valence-electron chi connectivity index (χ4n) is 3.54. The van der Waals surface area contributed by atoms with Crippen molar-refractivity contribution in [2.45, 2.75) is 51.2 Å². The minimum Gasteiger partial charge on any atom is -0.381 e. The van der Waals surface area contributed by atoms with E-state index in [1.807, 2.05) is 0 Å². The molecule has 2 aliphatic rings. The third-order valence-electron chi connectivity index (χ3n) is 5.26. The third-order valence-corrected chi connectivity index (χ3v) is 7.27. The van der Waals surface area contributed by atoms with Crippen LogP contribution in [0.15, 0.2) is 24.3 Å². The highest BCUT2D eigenvalue weighted by atomic mass is 31.2. The van der Waals surface area contributed by atoms with Crippen molar-refractivity contribution in [3.8, 4) is 0 Å². The van der Waals surface area contributed by atoms with Gasteiger partial charge in [0.2, 0.25) is 5.91 Å². The zero-order chi connectivity index (χ0) is 20.8. The molecule has 3 amide bonds. The van der Waals surface area contributed by atoms with E-state index in [1.54, 1.807) is 38.1 Å². The van der Waals surface area contributed by atoms with E-state index in [0.29, 0.717) is 18.4 Å². The Morgan fingerprint density at radius 3 is 2.25 bits per heavy atom. The van der Waals surface area contributed by atoms with Crippen molar-refractivity contribution in [3.05, 3.63) is 35.4 Å². The number of benzene rings is 1. The number of carbonyl (C=O) groups excluding carboxylic acids is 2. The number of nitrogens with zero attached hydrogens (tertiary/aromatic N) is 1. The van der Waals surface area contributed by atoms with Crippen LogP contribution in [0.25, 0.3) is 0 Å². The summed E-state index contributed by atoms with van der Waals surface area (Å²) in [4.78, 5) is 43.8. The second-order valence-electron chi connectivity index (χ2n) is 7.01. The number of amides is 3. The third kappa shape index (κ3) is 5.20. The Bertz CT molecular complexity index is 732. The quantitative estimate of drug-likeness (QED) is 0.489. The summed E-state index contributed by atoms with van der Waals surface area (Å²) in [6, 6.07) is 6.45. The molecule has 0 radical (unpaired) electrons. The maximum Gasteiger partial charge on any atom is 0.335 e. The van der Waals surface area contributed by atoms with Crippen molar-refractivity contribution < 1.29 is 28.7 Å². The summed E-state index contributed by atoms with van der Waals surface area (Å²) in [5.41, 5.74) is 1.28. The number of hydrogen-bond donors (Lipinski definition) is 3. The second kappa shape index (κ2) is 9.65. The first-order valence-electron chi connectivity index (χ1n) is 9.55. The molecular weight excluding hydrogens is 383 g/mol. The minimum absolute atomic E-state index is 0.00570. The van der Waals surface area contributed by atoms with Crippen molar-refractivity contribution in [2.24, 2.45) is 0 Å². The molecule has 2 aliphatic heterocycles. The average molecular weight is 412 g/mol. The molecule has 0 unspecified atom stereocenters. The molecule has 2 saturated heterocycles. The Hall–Kier alpha value is -1.73. The summed E-state index contributed by atoms with van der Waals surface area (Å²) in [5.74, 6) is -0.349. The zero-order valence-corrected chi connectivity index (χ0v) is 17.3. The molecule has 0 saturated carbocycles. The molecule has 8 nitrogen and oxygen atoms in total. The molecule has 2 heterocycles. The Balaban J connectivity index is 0.000000485. The maximum absolute atomic E-state index is 12.0. The van der Waals surface area contributed by atoms with Crippen molar-refractivity contribution >= 4 is 19.5 Å². The summed E-state index contributed by atoms with van der Waals surface area (Å²) < 4.78 is 17.0. The van der Waals surface area contributed by atoms with E-state index >= 15 is 0 Å². The van der Waals surface area contributed by atoms with Crippen LogP contribution in [0.1, 0.15) is 50.7 Å². The predicted octanol–water partition coefficient (Wildman–Crippen LogP) is 2.73. The lowest BCUT2D eigenvalue weighted by Crippen LogP contribution is -2.28. The zero-order valence-electron chi connectivity index (χ0n) is 16.4. The molecule has 0 bridgehead atoms. The van der Waals surface area contributed by atoms with Crippen LogP contribution < -0.4 is 5.32 Å². The average Bonchev–Trinajstić information content (AvgIpc) is 3.30. The van der Waals surface area contributed by atoms with Gasteiger partial charge in [0.15, 0.2) is 0 Å². The van der Waals surface area contributed by atoms with Crippen LogP contribution in [0.4, 0.5) is 4.79 Å². The maximum atomic E-state index is 12.0. The Morgan fingerprint density at radius 1 is 1.18 bits per heavy atom. The molecular formula is C19H29N2O6P. The van der Waals surface area contributed by atoms with Crippen molar-refractivity contribution in [2.75, 3.05) is 19.8 Å². The van der Waals surface area contributed by atoms with E-state index in [-0.39, 0.29) is 19.0 Å². The highest BCUT2D eigenvalue weighted by Crippen LogP contribution is 2.60. The van der Waals surface area contributed by atoms with Gasteiger partial charge in [-0.25, -0.2) is 4.79 Å². The standard InChI is InChI=1S/C15H21N2O5P.C4H8O/c1-3-15(4-2,23(20,21)22)12-7-5-6-11(8-12)9-17-10-13(18)16-14(17)19;1-2-4-5-3-1/h5-8H,3-4,9-10H2,1-2H3,(H,16,18,19)(H2,20,21,22);1-4H2. The largest absolute Gasteiger partial charge is 0.381 e. The van der Waals surface area contributed by atoms with E-state index in [0.717, 1.165) is 18.8 Å². The summed E-state index contributed by atoms with van der Waals surface area (Å²) >= 11 is 0. The summed E-state index contributed by atoms with van der Waals surface area (Å²) in [6.45, 7) is 5.72. The Labute approximate surface area is 165 Å². The molecule has 1 aromatic carbocycles. The van der Waals surface area contributed by atoms with Crippen LogP contribution in [0, 0.1) is 0 Å². The Morgan fingerprint density at radius 2 is 1.82 bits per heavy atom. The van der Waals surface area contributed by atoms with Crippen LogP contribution in [0.5, 0.6) is 0 Å². The van der Waals surface area contributed by atoms with Gasteiger partial charge in [-0.1, -0.05) is 38.1 Å². The van der Waals surface area contributed by atoms with Gasteiger partial charge in [0, 0.05) is 19.8 Å². The monoisotopic (exact) mass is 412 g/mol. The van der Waals surface area contributed by atoms with Gasteiger partial charge in [0.1, 0.15) is 6.54 Å². The van der Waals surface area contributed by atoms with Gasteiger partial charge >= 0.3 is 13.6 Å². The Kier molecular flexibility index (Phi) is 7.78. The van der Waals surface area contributed by atoms with Gasteiger partial charge in [0.25, 0.3) is 0 Å². The predicted molar refractivity (Wildman–Crippen MR) is 105 cm³/mol. The number of urea groups is 1. The molecule has 0 aromatic heterocycles. The van der Waals surface area contributed by atoms with Gasteiger partial charge < -0.3 is 19.4 Å². The molecule has 2 fully saturated rings.